The molecule has 0 fully saturated rings. The Labute approximate surface area is 74.2 Å². The van der Waals surface area contributed by atoms with Crippen LogP contribution in [0.15, 0.2) is 4.74 Å². The van der Waals surface area contributed by atoms with Gasteiger partial charge in [0.25, 0.3) is 5.91 Å². The molecule has 4 nitrogen and oxygen atoms in total. The quantitative estimate of drug-likeness (QED) is 0.369. The lowest BCUT2D eigenvalue weighted by atomic mass is 10.2. The van der Waals surface area contributed by atoms with Gasteiger partial charge in [-0.2, -0.15) is 0 Å². The minimum atomic E-state index is -0.573. The third kappa shape index (κ3) is 3.00. The smallest absolute Gasteiger partial charge is 0.271 e. The van der Waals surface area contributed by atoms with E-state index in [2.05, 4.69) is 24.5 Å². The van der Waals surface area contributed by atoms with Gasteiger partial charge in [0.1, 0.15) is 6.04 Å². The summed E-state index contributed by atoms with van der Waals surface area (Å²) in [5.41, 5.74) is 0. The fourth-order valence-corrected chi connectivity index (χ4v) is 0.801. The second-order valence-corrected chi connectivity index (χ2v) is 2.33. The van der Waals surface area contributed by atoms with E-state index in [0.29, 0.717) is 0 Å². The molecule has 0 saturated heterocycles. The van der Waals surface area contributed by atoms with Crippen LogP contribution in [0.5, 0.6) is 0 Å². The summed E-state index contributed by atoms with van der Waals surface area (Å²) in [4.78, 5) is 16.0. The summed E-state index contributed by atoms with van der Waals surface area (Å²) >= 11 is 0. The molecular weight excluding hydrogens is 175 g/mol. The highest BCUT2D eigenvalue weighted by Crippen LogP contribution is 2.03. The van der Waals surface area contributed by atoms with Crippen molar-refractivity contribution in [3.63, 3.8) is 0 Å². The highest BCUT2D eigenvalue weighted by molar-refractivity contribution is 7.04. The second-order valence-electron chi connectivity index (χ2n) is 2.07. The molecule has 1 amide bonds. The summed E-state index contributed by atoms with van der Waals surface area (Å²) in [5, 5.41) is 1.09. The predicted molar refractivity (Wildman–Crippen MR) is 47.8 cm³/mol. The molecule has 0 aliphatic carbocycles. The lowest BCUT2D eigenvalue weighted by Gasteiger charge is -2.16. The Balaban J connectivity index is 4.22. The van der Waals surface area contributed by atoms with Gasteiger partial charge in [-0.15, -0.1) is 12.3 Å². The number of carbonyl (C=O) groups excluding carboxylic acids is 1. The first-order valence-corrected chi connectivity index (χ1v) is 3.73. The van der Waals surface area contributed by atoms with E-state index in [1.807, 2.05) is 0 Å². The van der Waals surface area contributed by atoms with E-state index in [1.165, 1.54) is 14.2 Å². The van der Waals surface area contributed by atoms with Crippen molar-refractivity contribution in [3.8, 4) is 12.3 Å². The molecule has 0 heterocycles. The van der Waals surface area contributed by atoms with Crippen LogP contribution in [0.2, 0.25) is 0 Å². The molecule has 0 spiro atoms. The molecule has 0 N–H and O–H groups in total. The Kier molecular flexibility index (Phi) is 5.27. The Bertz CT molecular complexity index is 212. The standard InChI is InChI=1S/C7H11N2O2P/c1-4-5-6(8-12)7(10)9(2)11-3/h1,6,12H,5H2,2-3H3. The maximum atomic E-state index is 11.3. The fourth-order valence-electron chi connectivity index (χ4n) is 0.600. The monoisotopic (exact) mass is 186 g/mol. The number of nitrogens with zero attached hydrogens (tertiary/aromatic N) is 2. The summed E-state index contributed by atoms with van der Waals surface area (Å²) in [6, 6.07) is -0.573. The van der Waals surface area contributed by atoms with Crippen molar-refractivity contribution < 1.29 is 9.63 Å². The lowest BCUT2D eigenvalue weighted by molar-refractivity contribution is -0.169. The SMILES string of the molecule is C#CCC(N=P)C(=O)N(C)OC. The van der Waals surface area contributed by atoms with E-state index in [1.54, 1.807) is 0 Å². The minimum Gasteiger partial charge on any atom is -0.274 e. The van der Waals surface area contributed by atoms with E-state index >= 15 is 0 Å². The van der Waals surface area contributed by atoms with Gasteiger partial charge in [-0.3, -0.25) is 14.4 Å². The van der Waals surface area contributed by atoms with Crippen LogP contribution in [0.3, 0.4) is 0 Å². The number of carbonyl (C=O) groups is 1. The van der Waals surface area contributed by atoms with Crippen LogP contribution in [0, 0.1) is 12.3 Å². The molecule has 1 atom stereocenters. The third-order valence-corrected chi connectivity index (χ3v) is 1.65. The number of amides is 1. The first-order valence-electron chi connectivity index (χ1n) is 3.29. The Hall–Kier alpha value is -0.910. The van der Waals surface area contributed by atoms with Crippen LogP contribution >= 0.6 is 9.03 Å². The largest absolute Gasteiger partial charge is 0.274 e. The molecule has 0 aromatic rings. The molecule has 0 rings (SSSR count). The van der Waals surface area contributed by atoms with Crippen molar-refractivity contribution in [2.24, 2.45) is 4.74 Å². The summed E-state index contributed by atoms with van der Waals surface area (Å²) in [6.45, 7) is 0. The molecule has 0 aliphatic rings. The van der Waals surface area contributed by atoms with E-state index in [-0.39, 0.29) is 12.3 Å². The zero-order valence-corrected chi connectivity index (χ0v) is 8.07. The van der Waals surface area contributed by atoms with Gasteiger partial charge in [0.05, 0.1) is 7.11 Å². The van der Waals surface area contributed by atoms with E-state index in [0.717, 1.165) is 5.06 Å². The van der Waals surface area contributed by atoms with Crippen molar-refractivity contribution in [3.05, 3.63) is 0 Å². The highest BCUT2D eigenvalue weighted by atomic mass is 31.0. The number of hydrogen-bond donors (Lipinski definition) is 0. The predicted octanol–water partition coefficient (Wildman–Crippen LogP) is 0.725. The van der Waals surface area contributed by atoms with Crippen LogP contribution in [-0.2, 0) is 9.63 Å². The highest BCUT2D eigenvalue weighted by Gasteiger charge is 2.19. The van der Waals surface area contributed by atoms with Crippen molar-refractivity contribution in [1.82, 2.24) is 5.06 Å². The molecule has 0 aromatic carbocycles. The van der Waals surface area contributed by atoms with Gasteiger partial charge in [0.15, 0.2) is 0 Å². The maximum Gasteiger partial charge on any atom is 0.271 e. The molecule has 0 bridgehead atoms. The van der Waals surface area contributed by atoms with E-state index < -0.39 is 6.04 Å². The normalized spacial score (nSPS) is 11.4. The van der Waals surface area contributed by atoms with Crippen LogP contribution in [0.4, 0.5) is 0 Å². The average molecular weight is 186 g/mol. The first-order chi connectivity index (χ1) is 5.67. The number of rotatable bonds is 4. The van der Waals surface area contributed by atoms with Crippen LogP contribution in [-0.4, -0.2) is 31.2 Å². The summed E-state index contributed by atoms with van der Waals surface area (Å²) in [6.07, 6.45) is 5.30. The summed E-state index contributed by atoms with van der Waals surface area (Å²) in [7, 11) is 5.79. The van der Waals surface area contributed by atoms with Crippen molar-refractivity contribution in [2.75, 3.05) is 14.2 Å². The average Bonchev–Trinajstić information content (AvgIpc) is 2.11. The van der Waals surface area contributed by atoms with Crippen molar-refractivity contribution in [2.45, 2.75) is 12.5 Å². The van der Waals surface area contributed by atoms with Crippen LogP contribution in [0.25, 0.3) is 0 Å². The maximum absolute atomic E-state index is 11.3. The van der Waals surface area contributed by atoms with Gasteiger partial charge in [-0.1, -0.05) is 0 Å². The zero-order valence-electron chi connectivity index (χ0n) is 7.07. The van der Waals surface area contributed by atoms with Gasteiger partial charge in [0.2, 0.25) is 0 Å². The molecule has 12 heavy (non-hydrogen) atoms. The van der Waals surface area contributed by atoms with Crippen molar-refractivity contribution >= 4 is 14.9 Å². The Morgan fingerprint density at radius 1 is 1.92 bits per heavy atom. The van der Waals surface area contributed by atoms with E-state index in [9.17, 15) is 4.79 Å². The Morgan fingerprint density at radius 2 is 2.50 bits per heavy atom. The molecule has 0 saturated carbocycles. The molecule has 5 heteroatoms. The second kappa shape index (κ2) is 5.70. The van der Waals surface area contributed by atoms with Gasteiger partial charge >= 0.3 is 0 Å². The number of hydroxylamine groups is 2. The molecule has 0 aliphatic heterocycles. The Morgan fingerprint density at radius 3 is 2.83 bits per heavy atom. The molecule has 66 valence electrons. The van der Waals surface area contributed by atoms with Gasteiger partial charge in [-0.25, -0.2) is 5.06 Å². The van der Waals surface area contributed by atoms with Gasteiger partial charge in [-0.05, 0) is 9.03 Å². The topological polar surface area (TPSA) is 41.9 Å². The first kappa shape index (κ1) is 11.1. The van der Waals surface area contributed by atoms with E-state index in [4.69, 9.17) is 6.42 Å². The van der Waals surface area contributed by atoms with Crippen LogP contribution < -0.4 is 0 Å². The number of hydrogen-bond acceptors (Lipinski definition) is 3. The molecule has 0 aromatic heterocycles. The molecular formula is C7H11N2O2P. The molecule has 1 unspecified atom stereocenters. The number of likely N-dealkylation sites (N-methyl/N-ethyl adjacent to an activating group) is 1. The molecule has 0 radical (unpaired) electrons. The minimum absolute atomic E-state index is 0.260. The number of terminal acetylenes is 1. The summed E-state index contributed by atoms with van der Waals surface area (Å²) < 4.78 is 3.64. The van der Waals surface area contributed by atoms with Crippen molar-refractivity contribution in [1.29, 1.82) is 0 Å². The fraction of sp³-hybridized carbons (Fsp3) is 0.571. The van der Waals surface area contributed by atoms with Gasteiger partial charge < -0.3 is 0 Å². The third-order valence-electron chi connectivity index (χ3n) is 1.34. The lowest BCUT2D eigenvalue weighted by Crippen LogP contribution is -2.34. The zero-order chi connectivity index (χ0) is 9.56. The van der Waals surface area contributed by atoms with Gasteiger partial charge in [0, 0.05) is 13.5 Å². The summed E-state index contributed by atoms with van der Waals surface area (Å²) in [5.74, 6) is 2.08. The van der Waals surface area contributed by atoms with Crippen LogP contribution in [0.1, 0.15) is 6.42 Å².